The maximum absolute atomic E-state index is 11.3. The van der Waals surface area contributed by atoms with Gasteiger partial charge in [-0.1, -0.05) is 24.3 Å². The molecule has 2 aliphatic rings. The molecule has 0 N–H and O–H groups in total. The van der Waals surface area contributed by atoms with Crippen LogP contribution in [-0.4, -0.2) is 56.7 Å². The Hall–Kier alpha value is -4.06. The largest absolute Gasteiger partial charge is 0.545 e. The first kappa shape index (κ1) is 31.2. The van der Waals surface area contributed by atoms with Crippen LogP contribution in [0.3, 0.4) is 0 Å². The number of carboxylic acids is 2. The average molecular weight is 637 g/mol. The number of hydrogen-bond donors (Lipinski definition) is 0. The van der Waals surface area contributed by atoms with E-state index in [1.54, 1.807) is 8.87 Å². The average Bonchev–Trinajstić information content (AvgIpc) is 3.44. The summed E-state index contributed by atoms with van der Waals surface area (Å²) in [6.07, 6.45) is 7.52. The first-order valence-corrected chi connectivity index (χ1v) is 16.1. The predicted octanol–water partition coefficient (Wildman–Crippen LogP) is 1.31. The van der Waals surface area contributed by atoms with E-state index < -0.39 is 35.6 Å². The Balaban J connectivity index is 0.000000222. The van der Waals surface area contributed by atoms with Crippen LogP contribution in [0, 0.1) is 0 Å². The summed E-state index contributed by atoms with van der Waals surface area (Å²) in [6, 6.07) is 10.7. The van der Waals surface area contributed by atoms with Gasteiger partial charge in [0.1, 0.15) is 0 Å². The molecule has 4 rings (SSSR count). The van der Waals surface area contributed by atoms with Crippen molar-refractivity contribution in [1.29, 1.82) is 0 Å². The third kappa shape index (κ3) is 9.02. The van der Waals surface area contributed by atoms with Crippen LogP contribution in [0.5, 0.6) is 0 Å². The number of hydrogen-bond acceptors (Lipinski definition) is 8. The number of carbonyl (C=O) groups is 6. The van der Waals surface area contributed by atoms with E-state index in [4.69, 9.17) is 0 Å². The van der Waals surface area contributed by atoms with Crippen molar-refractivity contribution in [2.24, 2.45) is 0 Å². The molecule has 0 bridgehead atoms. The minimum atomic E-state index is -1.30. The first-order chi connectivity index (χ1) is 18.6. The maximum atomic E-state index is 11.3. The Bertz CT molecular complexity index is 1150. The van der Waals surface area contributed by atoms with Crippen LogP contribution >= 0.6 is 0 Å². The molecule has 2 heterocycles. The summed E-state index contributed by atoms with van der Waals surface area (Å²) in [4.78, 5) is 68.1. The second-order valence-electron chi connectivity index (χ2n) is 8.11. The summed E-state index contributed by atoms with van der Waals surface area (Å²) in [5.41, 5.74) is 0.668. The molecule has 39 heavy (non-hydrogen) atoms. The monoisotopic (exact) mass is 638 g/mol. The number of rotatable bonds is 8. The topological polar surface area (TPSA) is 155 Å². The van der Waals surface area contributed by atoms with Crippen molar-refractivity contribution >= 4 is 68.1 Å². The molecular formula is C28H26N2O8Sn. The molecule has 2 aromatic rings. The van der Waals surface area contributed by atoms with Gasteiger partial charge in [-0.05, 0) is 35.4 Å². The van der Waals surface area contributed by atoms with Crippen molar-refractivity contribution in [3.8, 4) is 0 Å². The van der Waals surface area contributed by atoms with Crippen molar-refractivity contribution in [2.75, 3.05) is 9.80 Å². The van der Waals surface area contributed by atoms with Gasteiger partial charge in [0, 0.05) is 24.3 Å². The van der Waals surface area contributed by atoms with Crippen LogP contribution in [0.4, 0.5) is 11.4 Å². The molecule has 0 saturated heterocycles. The molecule has 10 nitrogen and oxygen atoms in total. The van der Waals surface area contributed by atoms with E-state index in [1.165, 1.54) is 61.4 Å². The minimum Gasteiger partial charge on any atom is -0.545 e. The third-order valence-electron chi connectivity index (χ3n) is 5.19. The van der Waals surface area contributed by atoms with Crippen molar-refractivity contribution in [1.82, 2.24) is 0 Å². The Morgan fingerprint density at radius 1 is 0.590 bits per heavy atom. The molecule has 0 saturated carbocycles. The zero-order chi connectivity index (χ0) is 28.9. The van der Waals surface area contributed by atoms with Gasteiger partial charge in [0.25, 0.3) is 23.6 Å². The van der Waals surface area contributed by atoms with Crippen molar-refractivity contribution < 1.29 is 39.0 Å². The van der Waals surface area contributed by atoms with Crippen LogP contribution < -0.4 is 20.0 Å². The van der Waals surface area contributed by atoms with Crippen LogP contribution in [0.25, 0.3) is 0 Å². The molecule has 4 amide bonds. The molecule has 0 unspecified atom stereocenters. The van der Waals surface area contributed by atoms with Gasteiger partial charge in [0.2, 0.25) is 0 Å². The number of carboxylic acid groups (broad SMARTS) is 2. The van der Waals surface area contributed by atoms with Crippen LogP contribution in [0.1, 0.15) is 47.4 Å². The zero-order valence-corrected chi connectivity index (χ0v) is 24.3. The molecular weight excluding hydrogens is 611 g/mol. The van der Waals surface area contributed by atoms with Gasteiger partial charge in [-0.3, -0.25) is 19.2 Å². The quantitative estimate of drug-likeness (QED) is 0.239. The molecule has 200 valence electrons. The minimum absolute atomic E-state index is 0.00389. The van der Waals surface area contributed by atoms with Gasteiger partial charge < -0.3 is 19.8 Å². The SMILES string of the molecule is CC[CH2][Sn+2][CH2]CC.O=C([O-])c1ccc(N2C(=O)C=CC2=O)cc1.O=C([O-])c1ccc(N2C(=O)C=CC2=O)cc1. The van der Waals surface area contributed by atoms with E-state index in [1.807, 2.05) is 0 Å². The molecule has 0 fully saturated rings. The number of amides is 4. The Labute approximate surface area is 235 Å². The van der Waals surface area contributed by atoms with Crippen LogP contribution in [0.15, 0.2) is 72.8 Å². The summed E-state index contributed by atoms with van der Waals surface area (Å²) >= 11 is 0.181. The maximum Gasteiger partial charge on any atom is 0.258 e. The van der Waals surface area contributed by atoms with Crippen molar-refractivity contribution in [3.63, 3.8) is 0 Å². The smallest absolute Gasteiger partial charge is 0.258 e. The van der Waals surface area contributed by atoms with Gasteiger partial charge in [-0.15, -0.1) is 0 Å². The Morgan fingerprint density at radius 2 is 0.872 bits per heavy atom. The van der Waals surface area contributed by atoms with Crippen molar-refractivity contribution in [2.45, 2.75) is 35.6 Å². The predicted molar refractivity (Wildman–Crippen MR) is 141 cm³/mol. The Morgan fingerprint density at radius 3 is 1.10 bits per heavy atom. The fourth-order valence-corrected chi connectivity index (χ4v) is 6.01. The zero-order valence-electron chi connectivity index (χ0n) is 21.4. The van der Waals surface area contributed by atoms with Gasteiger partial charge in [0.05, 0.1) is 23.3 Å². The summed E-state index contributed by atoms with van der Waals surface area (Å²) < 4.78 is 3.19. The fraction of sp³-hybridized carbons (Fsp3) is 0.214. The van der Waals surface area contributed by atoms with Gasteiger partial charge >= 0.3 is 56.7 Å². The van der Waals surface area contributed by atoms with Gasteiger partial charge in [0.15, 0.2) is 0 Å². The molecule has 0 spiro atoms. The summed E-state index contributed by atoms with van der Waals surface area (Å²) in [7, 11) is 0. The van der Waals surface area contributed by atoms with Gasteiger partial charge in [-0.2, -0.15) is 0 Å². The second kappa shape index (κ2) is 15.4. The number of benzene rings is 2. The van der Waals surface area contributed by atoms with E-state index in [9.17, 15) is 39.0 Å². The van der Waals surface area contributed by atoms with Crippen molar-refractivity contribution in [3.05, 3.63) is 84.0 Å². The fourth-order valence-electron chi connectivity index (χ4n) is 3.28. The molecule has 0 atom stereocenters. The normalized spacial score (nSPS) is 13.5. The first-order valence-electron chi connectivity index (χ1n) is 12.1. The Kier molecular flexibility index (Phi) is 12.3. The number of imide groups is 2. The van der Waals surface area contributed by atoms with E-state index in [0.717, 1.165) is 34.1 Å². The molecule has 2 aliphatic heterocycles. The van der Waals surface area contributed by atoms with E-state index >= 15 is 0 Å². The number of carbonyl (C=O) groups excluding carboxylic acids is 6. The molecule has 0 radical (unpaired) electrons. The van der Waals surface area contributed by atoms with Crippen LogP contribution in [-0.2, 0) is 19.2 Å². The third-order valence-corrected chi connectivity index (χ3v) is 10.1. The number of aromatic carboxylic acids is 2. The van der Waals surface area contributed by atoms with Crippen LogP contribution in [0.2, 0.25) is 8.87 Å². The molecule has 0 aliphatic carbocycles. The molecule has 11 heteroatoms. The summed E-state index contributed by atoms with van der Waals surface area (Å²) in [6.45, 7) is 4.58. The summed E-state index contributed by atoms with van der Waals surface area (Å²) in [5, 5.41) is 21.0. The molecule has 2 aromatic carbocycles. The molecule has 0 aromatic heterocycles. The van der Waals surface area contributed by atoms with E-state index in [0.29, 0.717) is 11.4 Å². The standard InChI is InChI=1S/2C11H7NO4.2C3H7.Sn/c2*13-9-5-6-10(14)12(9)8-3-1-7(2-4-8)11(15)16;2*1-3-2;/h2*1-6H,(H,15,16);2*1,3H2,2H3;/q;;;;+2/p-2. The number of anilines is 2. The van der Waals surface area contributed by atoms with E-state index in [-0.39, 0.29) is 32.3 Å². The van der Waals surface area contributed by atoms with E-state index in [2.05, 4.69) is 13.8 Å². The second-order valence-corrected chi connectivity index (χ2v) is 12.4. The number of nitrogens with zero attached hydrogens (tertiary/aromatic N) is 2. The summed E-state index contributed by atoms with van der Waals surface area (Å²) in [5.74, 6) is -4.36. The van der Waals surface area contributed by atoms with Gasteiger partial charge in [-0.25, -0.2) is 9.80 Å².